The van der Waals surface area contributed by atoms with E-state index in [4.69, 9.17) is 0 Å². The number of rotatable bonds is 2. The summed E-state index contributed by atoms with van der Waals surface area (Å²) in [6, 6.07) is 1.16. The van der Waals surface area contributed by atoms with Crippen molar-refractivity contribution in [2.24, 2.45) is 5.92 Å². The van der Waals surface area contributed by atoms with Crippen LogP contribution in [0.4, 0.5) is 0 Å². The van der Waals surface area contributed by atoms with Gasteiger partial charge in [0.15, 0.2) is 0 Å². The first kappa shape index (κ1) is 12.7. The summed E-state index contributed by atoms with van der Waals surface area (Å²) in [5.74, 6) is -0.158. The summed E-state index contributed by atoms with van der Waals surface area (Å²) >= 11 is 0. The number of hydrogen-bond donors (Lipinski definition) is 3. The Balaban J connectivity index is 2.09. The Morgan fingerprint density at radius 1 is 1.44 bits per heavy atom. The third-order valence-corrected chi connectivity index (χ3v) is 3.58. The van der Waals surface area contributed by atoms with E-state index in [1.165, 1.54) is 12.6 Å². The van der Waals surface area contributed by atoms with Crippen molar-refractivity contribution in [1.82, 2.24) is 10.3 Å². The molecule has 1 amide bonds. The standard InChI is InChI=1S/C13H18N2O3/c1-8-4-2-3-5-10(8)15-13(18)9-7-14-12(17)6-11(9)16/h6-8,10H,2-5H2,1H3,(H,15,18)(H2,14,16,17). The predicted molar refractivity (Wildman–Crippen MR) is 67.6 cm³/mol. The summed E-state index contributed by atoms with van der Waals surface area (Å²) in [6.07, 6.45) is 5.66. The number of aromatic amines is 1. The third-order valence-electron chi connectivity index (χ3n) is 3.58. The van der Waals surface area contributed by atoms with Crippen LogP contribution in [-0.4, -0.2) is 22.0 Å². The maximum atomic E-state index is 12.0. The summed E-state index contributed by atoms with van der Waals surface area (Å²) in [4.78, 5) is 25.4. The van der Waals surface area contributed by atoms with Crippen LogP contribution in [0.2, 0.25) is 0 Å². The average Bonchev–Trinajstić information content (AvgIpc) is 2.32. The highest BCUT2D eigenvalue weighted by Crippen LogP contribution is 2.24. The number of aromatic nitrogens is 1. The lowest BCUT2D eigenvalue weighted by Crippen LogP contribution is -2.41. The van der Waals surface area contributed by atoms with E-state index in [1.807, 2.05) is 0 Å². The van der Waals surface area contributed by atoms with Gasteiger partial charge in [-0.15, -0.1) is 0 Å². The molecule has 1 saturated carbocycles. The van der Waals surface area contributed by atoms with Gasteiger partial charge in [0.1, 0.15) is 5.75 Å². The molecule has 0 radical (unpaired) electrons. The van der Waals surface area contributed by atoms with Crippen LogP contribution < -0.4 is 10.9 Å². The van der Waals surface area contributed by atoms with Crippen LogP contribution in [0.25, 0.3) is 0 Å². The van der Waals surface area contributed by atoms with Crippen molar-refractivity contribution < 1.29 is 9.90 Å². The molecule has 5 heteroatoms. The largest absolute Gasteiger partial charge is 0.507 e. The molecular formula is C13H18N2O3. The summed E-state index contributed by atoms with van der Waals surface area (Å²) in [7, 11) is 0. The zero-order valence-corrected chi connectivity index (χ0v) is 10.4. The van der Waals surface area contributed by atoms with E-state index >= 15 is 0 Å². The molecule has 1 heterocycles. The van der Waals surface area contributed by atoms with Crippen molar-refractivity contribution in [2.45, 2.75) is 38.6 Å². The van der Waals surface area contributed by atoms with Crippen molar-refractivity contribution in [3.63, 3.8) is 0 Å². The highest BCUT2D eigenvalue weighted by Gasteiger charge is 2.24. The van der Waals surface area contributed by atoms with Gasteiger partial charge in [-0.3, -0.25) is 9.59 Å². The maximum absolute atomic E-state index is 12.0. The number of hydrogen-bond acceptors (Lipinski definition) is 3. The number of pyridine rings is 1. The van der Waals surface area contributed by atoms with Crippen LogP contribution in [0.3, 0.4) is 0 Å². The second kappa shape index (κ2) is 5.25. The molecule has 2 unspecified atom stereocenters. The van der Waals surface area contributed by atoms with Crippen LogP contribution >= 0.6 is 0 Å². The molecule has 1 aromatic heterocycles. The van der Waals surface area contributed by atoms with Gasteiger partial charge in [0.2, 0.25) is 0 Å². The van der Waals surface area contributed by atoms with Gasteiger partial charge in [0.05, 0.1) is 5.56 Å². The number of nitrogens with one attached hydrogen (secondary N) is 2. The van der Waals surface area contributed by atoms with Crippen molar-refractivity contribution in [2.75, 3.05) is 0 Å². The second-order valence-corrected chi connectivity index (χ2v) is 4.94. The Bertz CT molecular complexity index is 495. The van der Waals surface area contributed by atoms with E-state index in [-0.39, 0.29) is 23.3 Å². The molecular weight excluding hydrogens is 232 g/mol. The number of H-pyrrole nitrogens is 1. The van der Waals surface area contributed by atoms with Crippen molar-refractivity contribution in [3.8, 4) is 5.75 Å². The van der Waals surface area contributed by atoms with Crippen molar-refractivity contribution in [1.29, 1.82) is 0 Å². The van der Waals surface area contributed by atoms with Crippen LogP contribution in [0.1, 0.15) is 43.0 Å². The first-order valence-electron chi connectivity index (χ1n) is 6.30. The van der Waals surface area contributed by atoms with E-state index in [9.17, 15) is 14.7 Å². The van der Waals surface area contributed by atoms with Gasteiger partial charge in [-0.05, 0) is 18.8 Å². The molecule has 18 heavy (non-hydrogen) atoms. The Hall–Kier alpha value is -1.78. The van der Waals surface area contributed by atoms with E-state index < -0.39 is 5.56 Å². The Kier molecular flexibility index (Phi) is 3.69. The Morgan fingerprint density at radius 3 is 2.83 bits per heavy atom. The lowest BCUT2D eigenvalue weighted by molar-refractivity contribution is 0.0907. The van der Waals surface area contributed by atoms with Crippen LogP contribution in [-0.2, 0) is 0 Å². The molecule has 5 nitrogen and oxygen atoms in total. The molecule has 1 aliphatic rings. The maximum Gasteiger partial charge on any atom is 0.256 e. The molecule has 1 fully saturated rings. The Labute approximate surface area is 105 Å². The normalized spacial score (nSPS) is 23.6. The highest BCUT2D eigenvalue weighted by atomic mass is 16.3. The highest BCUT2D eigenvalue weighted by molar-refractivity contribution is 5.96. The van der Waals surface area contributed by atoms with Gasteiger partial charge in [0.25, 0.3) is 11.5 Å². The van der Waals surface area contributed by atoms with Gasteiger partial charge >= 0.3 is 0 Å². The van der Waals surface area contributed by atoms with Gasteiger partial charge in [-0.25, -0.2) is 0 Å². The summed E-state index contributed by atoms with van der Waals surface area (Å²) in [6.45, 7) is 2.12. The molecule has 2 atom stereocenters. The third kappa shape index (κ3) is 2.72. The minimum absolute atomic E-state index is 0.118. The molecule has 1 aliphatic carbocycles. The molecule has 0 bridgehead atoms. The van der Waals surface area contributed by atoms with Crippen molar-refractivity contribution >= 4 is 5.91 Å². The second-order valence-electron chi connectivity index (χ2n) is 4.94. The molecule has 0 spiro atoms. The zero-order valence-electron chi connectivity index (χ0n) is 10.4. The topological polar surface area (TPSA) is 82.2 Å². The summed E-state index contributed by atoms with van der Waals surface area (Å²) in [5.41, 5.74) is -0.303. The van der Waals surface area contributed by atoms with Gasteiger partial charge in [-0.2, -0.15) is 0 Å². The van der Waals surface area contributed by atoms with E-state index in [0.717, 1.165) is 25.3 Å². The minimum Gasteiger partial charge on any atom is -0.507 e. The van der Waals surface area contributed by atoms with Gasteiger partial charge in [0, 0.05) is 18.3 Å². The fourth-order valence-corrected chi connectivity index (χ4v) is 2.42. The number of amides is 1. The lowest BCUT2D eigenvalue weighted by Gasteiger charge is -2.29. The molecule has 0 aromatic carbocycles. The monoisotopic (exact) mass is 250 g/mol. The quantitative estimate of drug-likeness (QED) is 0.741. The zero-order chi connectivity index (χ0) is 13.1. The number of aromatic hydroxyl groups is 1. The Morgan fingerprint density at radius 2 is 2.17 bits per heavy atom. The van der Waals surface area contributed by atoms with Crippen LogP contribution in [0.5, 0.6) is 5.75 Å². The smallest absolute Gasteiger partial charge is 0.256 e. The lowest BCUT2D eigenvalue weighted by atomic mass is 9.86. The molecule has 98 valence electrons. The fourth-order valence-electron chi connectivity index (χ4n) is 2.42. The number of carbonyl (C=O) groups excluding carboxylic acids is 1. The summed E-state index contributed by atoms with van der Waals surface area (Å²) in [5, 5.41) is 12.5. The van der Waals surface area contributed by atoms with Gasteiger partial charge in [-0.1, -0.05) is 19.8 Å². The average molecular weight is 250 g/mol. The van der Waals surface area contributed by atoms with E-state index in [0.29, 0.717) is 5.92 Å². The fraction of sp³-hybridized carbons (Fsp3) is 0.538. The van der Waals surface area contributed by atoms with Gasteiger partial charge < -0.3 is 15.4 Å². The van der Waals surface area contributed by atoms with Crippen molar-refractivity contribution in [3.05, 3.63) is 28.2 Å². The first-order valence-corrected chi connectivity index (χ1v) is 6.30. The SMILES string of the molecule is CC1CCCCC1NC(=O)c1c[nH]c(=O)cc1O. The molecule has 0 saturated heterocycles. The first-order chi connectivity index (χ1) is 8.58. The summed E-state index contributed by atoms with van der Waals surface area (Å²) < 4.78 is 0. The predicted octanol–water partition coefficient (Wildman–Crippen LogP) is 1.39. The van der Waals surface area contributed by atoms with E-state index in [2.05, 4.69) is 17.2 Å². The van der Waals surface area contributed by atoms with Crippen LogP contribution in [0.15, 0.2) is 17.1 Å². The molecule has 3 N–H and O–H groups in total. The van der Waals surface area contributed by atoms with E-state index in [1.54, 1.807) is 0 Å². The molecule has 2 rings (SSSR count). The van der Waals surface area contributed by atoms with Crippen LogP contribution in [0, 0.1) is 5.92 Å². The molecule has 1 aromatic rings. The molecule has 0 aliphatic heterocycles. The number of carbonyl (C=O) groups is 1. The minimum atomic E-state index is -0.421.